The van der Waals surface area contributed by atoms with Crippen LogP contribution in [0.25, 0.3) is 0 Å². The number of azo groups is 1. The Labute approximate surface area is 89.4 Å². The van der Waals surface area contributed by atoms with Gasteiger partial charge in [-0.2, -0.15) is 20.8 Å². The highest BCUT2D eigenvalue weighted by atomic mass is 15.2. The first-order chi connectivity index (χ1) is 10.3. The van der Waals surface area contributed by atoms with Gasteiger partial charge in [0.1, 0.15) is 0 Å². The van der Waals surface area contributed by atoms with Crippen molar-refractivity contribution in [2.45, 2.75) is 38.5 Å². The highest BCUT2D eigenvalue weighted by Crippen LogP contribution is 2.13. The van der Waals surface area contributed by atoms with E-state index in [1.165, 1.54) is 0 Å². The van der Waals surface area contributed by atoms with Crippen molar-refractivity contribution in [2.24, 2.45) is 10.2 Å². The Morgan fingerprint density at radius 2 is 1.33 bits per heavy atom. The van der Waals surface area contributed by atoms with Crippen LogP contribution in [0.4, 0.5) is 0 Å². The average Bonchev–Trinajstić information content (AvgIpc) is 2.28. The maximum absolute atomic E-state index is 9.04. The molecule has 12 heavy (non-hydrogen) atoms. The monoisotopic (exact) mass is 176 g/mol. The van der Waals surface area contributed by atoms with Crippen molar-refractivity contribution in [3.05, 3.63) is 0 Å². The third kappa shape index (κ3) is 3.68. The molecule has 4 heteroatoms. The molecule has 64 valence electrons. The molecular weight excluding hydrogens is 152 g/mol. The maximum atomic E-state index is 9.04. The minimum Gasteiger partial charge on any atom is -0.196 e. The molecule has 0 radical (unpaired) electrons. The molecule has 0 spiro atoms. The van der Waals surface area contributed by atoms with E-state index in [4.69, 9.17) is 27.0 Å². The van der Waals surface area contributed by atoms with E-state index in [0.29, 0.717) is 0 Å². The Hall–Kier alpha value is -1.42. The Morgan fingerprint density at radius 1 is 1.00 bits per heavy atom. The molecule has 0 aliphatic rings. The van der Waals surface area contributed by atoms with Crippen molar-refractivity contribution in [1.82, 2.24) is 0 Å². The first-order valence-electron chi connectivity index (χ1n) is 8.59. The lowest BCUT2D eigenvalue weighted by atomic mass is 10.1. The van der Waals surface area contributed by atoms with Crippen LogP contribution in [-0.4, -0.2) is 11.1 Å². The molecule has 0 aromatic carbocycles. The van der Waals surface area contributed by atoms with Crippen molar-refractivity contribution in [3.8, 4) is 12.1 Å². The van der Waals surface area contributed by atoms with Crippen molar-refractivity contribution in [1.29, 1.82) is 10.5 Å². The molecule has 0 saturated heterocycles. The second-order valence-corrected chi connectivity index (χ2v) is 1.84. The van der Waals surface area contributed by atoms with Gasteiger partial charge in [0.2, 0.25) is 0 Å². The van der Waals surface area contributed by atoms with Gasteiger partial charge in [-0.1, -0.05) is 0 Å². The van der Waals surface area contributed by atoms with E-state index in [9.17, 15) is 0 Å². The summed E-state index contributed by atoms with van der Waals surface area (Å²) in [4.78, 5) is 0. The summed E-state index contributed by atoms with van der Waals surface area (Å²) in [5.74, 6) is 0. The van der Waals surface area contributed by atoms with Crippen LogP contribution >= 0.6 is 0 Å². The number of hydrogen-bond donors (Lipinski definition) is 0. The van der Waals surface area contributed by atoms with E-state index >= 15 is 0 Å². The average molecular weight is 176 g/mol. The first-order valence-corrected chi connectivity index (χ1v) is 2.59. The van der Waals surface area contributed by atoms with Gasteiger partial charge in [-0.3, -0.25) is 0 Å². The summed E-state index contributed by atoms with van der Waals surface area (Å²) in [6.45, 7) is -14.4. The summed E-state index contributed by atoms with van der Waals surface area (Å²) in [7, 11) is 0. The largest absolute Gasteiger partial charge is 0.196 e. The summed E-state index contributed by atoms with van der Waals surface area (Å²) in [6.07, 6.45) is 0. The Morgan fingerprint density at radius 3 is 1.50 bits per heavy atom. The fraction of sp³-hybridized carbons (Fsp3) is 0.750. The minimum absolute atomic E-state index is 0.933. The summed E-state index contributed by atoms with van der Waals surface area (Å²) >= 11 is 0. The molecule has 0 atom stereocenters. The molecule has 0 unspecified atom stereocenters. The molecule has 0 aromatic heterocycles. The van der Waals surface area contributed by atoms with E-state index in [1.807, 2.05) is 0 Å². The highest BCUT2D eigenvalue weighted by Gasteiger charge is 2.19. The normalized spacial score (nSPS) is 31.5. The third-order valence-electron chi connectivity index (χ3n) is 0.674. The molecule has 0 bridgehead atoms. The van der Waals surface area contributed by atoms with Gasteiger partial charge < -0.3 is 0 Å². The number of nitrogens with zero attached hydrogens (tertiary/aromatic N) is 4. The molecule has 0 aliphatic carbocycles. The van der Waals surface area contributed by atoms with Crippen LogP contribution in [0.1, 0.15) is 43.9 Å². The van der Waals surface area contributed by atoms with E-state index < -0.39 is 38.5 Å². The van der Waals surface area contributed by atoms with Crippen molar-refractivity contribution < 1.29 is 16.4 Å². The lowest BCUT2D eigenvalue weighted by Crippen LogP contribution is -2.17. The van der Waals surface area contributed by atoms with Crippen LogP contribution < -0.4 is 0 Å². The van der Waals surface area contributed by atoms with Gasteiger partial charge in [0.15, 0.2) is 11.1 Å². The van der Waals surface area contributed by atoms with Crippen LogP contribution in [0.3, 0.4) is 0 Å². The molecule has 0 fully saturated rings. The number of hydrogen-bond acceptors (Lipinski definition) is 4. The Balaban J connectivity index is 6.71. The molecule has 0 aliphatic heterocycles. The molecule has 0 rings (SSSR count). The molecular formula is C8H12N4. The summed E-state index contributed by atoms with van der Waals surface area (Å²) in [5.41, 5.74) is -7.06. The SMILES string of the molecule is [2H]C([2H])([2H])C(C#N)(N=NC(C#N)(C([2H])([2H])[2H])C([2H])([2H])[2H])C([2H])([2H])[2H]. The topological polar surface area (TPSA) is 72.3 Å². The van der Waals surface area contributed by atoms with Crippen LogP contribution in [0.5, 0.6) is 0 Å². The van der Waals surface area contributed by atoms with Gasteiger partial charge in [-0.25, -0.2) is 0 Å². The number of rotatable bonds is 2. The molecule has 0 N–H and O–H groups in total. The van der Waals surface area contributed by atoms with Gasteiger partial charge in [0, 0.05) is 16.4 Å². The zero-order valence-electron chi connectivity index (χ0n) is 17.8. The fourth-order valence-electron chi connectivity index (χ4n) is 0.195. The molecule has 0 saturated carbocycles. The summed E-state index contributed by atoms with van der Waals surface area (Å²) in [5, 5.41) is 23.6. The standard InChI is InChI=1S/C8H12N4/c1-7(2,5-9)11-12-8(3,4)6-10/h1-4H3/i1D3,2D3,3D3,4D3. The first kappa shape index (κ1) is 2.09. The van der Waals surface area contributed by atoms with Crippen LogP contribution in [0, 0.1) is 22.7 Å². The molecule has 0 amide bonds. The Bertz CT molecular complexity index is 497. The zero-order chi connectivity index (χ0) is 19.8. The smallest absolute Gasteiger partial charge is 0.162 e. The van der Waals surface area contributed by atoms with Crippen LogP contribution in [0.15, 0.2) is 10.2 Å². The maximum Gasteiger partial charge on any atom is 0.162 e. The van der Waals surface area contributed by atoms with E-state index in [-0.39, 0.29) is 0 Å². The van der Waals surface area contributed by atoms with E-state index in [0.717, 1.165) is 12.1 Å². The Kier molecular flexibility index (Phi) is 0.576. The molecule has 0 heterocycles. The van der Waals surface area contributed by atoms with Gasteiger partial charge in [0.25, 0.3) is 0 Å². The highest BCUT2D eigenvalue weighted by molar-refractivity contribution is 5.03. The predicted octanol–water partition coefficient (Wildman–Crippen LogP) is 2.04. The predicted molar refractivity (Wildman–Crippen MR) is 44.2 cm³/mol. The second kappa shape index (κ2) is 3.32. The van der Waals surface area contributed by atoms with Crippen LogP contribution in [0.2, 0.25) is 0 Å². The van der Waals surface area contributed by atoms with Crippen LogP contribution in [-0.2, 0) is 0 Å². The van der Waals surface area contributed by atoms with Gasteiger partial charge in [-0.15, -0.1) is 0 Å². The lowest BCUT2D eigenvalue weighted by molar-refractivity contribution is 0.541. The van der Waals surface area contributed by atoms with E-state index in [2.05, 4.69) is 10.2 Å². The second-order valence-electron chi connectivity index (χ2n) is 1.84. The van der Waals surface area contributed by atoms with Crippen molar-refractivity contribution in [2.75, 3.05) is 0 Å². The fourth-order valence-corrected chi connectivity index (χ4v) is 0.195. The van der Waals surface area contributed by atoms with Gasteiger partial charge in [0.05, 0.1) is 12.1 Å². The lowest BCUT2D eigenvalue weighted by Gasteiger charge is -2.11. The van der Waals surface area contributed by atoms with Gasteiger partial charge >= 0.3 is 0 Å². The molecule has 0 aromatic rings. The van der Waals surface area contributed by atoms with Crippen molar-refractivity contribution in [3.63, 3.8) is 0 Å². The minimum atomic E-state index is -3.60. The van der Waals surface area contributed by atoms with Gasteiger partial charge in [-0.05, 0) is 27.4 Å². The summed E-state index contributed by atoms with van der Waals surface area (Å²) in [6, 6.07) is 1.87. The quantitative estimate of drug-likeness (QED) is 0.604. The van der Waals surface area contributed by atoms with Crippen molar-refractivity contribution >= 4 is 0 Å². The zero-order valence-corrected chi connectivity index (χ0v) is 5.79. The summed E-state index contributed by atoms with van der Waals surface area (Å²) < 4.78 is 86.4. The van der Waals surface area contributed by atoms with E-state index in [1.54, 1.807) is 0 Å². The number of nitriles is 2. The third-order valence-corrected chi connectivity index (χ3v) is 0.674. The molecule has 4 nitrogen and oxygen atoms in total.